The minimum atomic E-state index is -3.87. The highest BCUT2D eigenvalue weighted by Crippen LogP contribution is 2.40. The lowest BCUT2D eigenvalue weighted by molar-refractivity contribution is 0.480. The van der Waals surface area contributed by atoms with E-state index in [0.717, 1.165) is 23.5 Å². The topological polar surface area (TPSA) is 110 Å². The lowest BCUT2D eigenvalue weighted by Crippen LogP contribution is -2.13. The van der Waals surface area contributed by atoms with Gasteiger partial charge in [0.05, 0.1) is 21.8 Å². The fourth-order valence-corrected chi connectivity index (χ4v) is 5.42. The molecule has 0 atom stereocenters. The van der Waals surface area contributed by atoms with Gasteiger partial charge in [-0.1, -0.05) is 0 Å². The summed E-state index contributed by atoms with van der Waals surface area (Å²) >= 11 is 1.17. The van der Waals surface area contributed by atoms with Gasteiger partial charge < -0.3 is 4.74 Å². The van der Waals surface area contributed by atoms with Gasteiger partial charge in [0.25, 0.3) is 10.0 Å². The van der Waals surface area contributed by atoms with Crippen LogP contribution in [0.4, 0.5) is 5.13 Å². The third-order valence-electron chi connectivity index (χ3n) is 5.51. The van der Waals surface area contributed by atoms with Crippen LogP contribution in [0.2, 0.25) is 0 Å². The number of anilines is 1. The Kier molecular flexibility index (Phi) is 5.81. The zero-order chi connectivity index (χ0) is 23.7. The van der Waals surface area contributed by atoms with Crippen LogP contribution in [0.25, 0.3) is 11.3 Å². The van der Waals surface area contributed by atoms with Gasteiger partial charge in [0.2, 0.25) is 0 Å². The average molecular weight is 492 g/mol. The number of nitriles is 1. The normalized spacial score (nSPS) is 13.4. The van der Waals surface area contributed by atoms with Gasteiger partial charge in [0.1, 0.15) is 17.6 Å². The van der Waals surface area contributed by atoms with E-state index < -0.39 is 10.0 Å². The first-order valence-corrected chi connectivity index (χ1v) is 13.2. The van der Waals surface area contributed by atoms with Gasteiger partial charge >= 0.3 is 0 Å². The Labute approximate surface area is 201 Å². The Morgan fingerprint density at radius 1 is 1.21 bits per heavy atom. The summed E-state index contributed by atoms with van der Waals surface area (Å²) in [6.45, 7) is 2.86. The van der Waals surface area contributed by atoms with Crippen LogP contribution in [0.1, 0.15) is 36.9 Å². The van der Waals surface area contributed by atoms with Crippen molar-refractivity contribution in [3.63, 3.8) is 0 Å². The molecule has 34 heavy (non-hydrogen) atoms. The van der Waals surface area contributed by atoms with Gasteiger partial charge in [-0.15, -0.1) is 11.3 Å². The summed E-state index contributed by atoms with van der Waals surface area (Å²) < 4.78 is 35.5. The zero-order valence-electron chi connectivity index (χ0n) is 18.3. The van der Waals surface area contributed by atoms with Crippen molar-refractivity contribution >= 4 is 26.5 Å². The van der Waals surface area contributed by atoms with E-state index in [-0.39, 0.29) is 21.3 Å². The second kappa shape index (κ2) is 8.93. The lowest BCUT2D eigenvalue weighted by Gasteiger charge is -2.11. The van der Waals surface area contributed by atoms with Crippen molar-refractivity contribution in [1.82, 2.24) is 14.8 Å². The molecule has 0 saturated heterocycles. The Balaban J connectivity index is 1.36. The highest BCUT2D eigenvalue weighted by Gasteiger charge is 2.27. The summed E-state index contributed by atoms with van der Waals surface area (Å²) in [6.07, 6.45) is 3.91. The molecular formula is C24H21N5O3S2. The van der Waals surface area contributed by atoms with E-state index in [1.165, 1.54) is 48.6 Å². The maximum atomic E-state index is 12.6. The molecule has 0 amide bonds. The monoisotopic (exact) mass is 491 g/mol. The average Bonchev–Trinajstić information content (AvgIpc) is 3.40. The quantitative estimate of drug-likeness (QED) is 0.355. The Bertz CT molecular complexity index is 1470. The maximum Gasteiger partial charge on any atom is 0.263 e. The highest BCUT2D eigenvalue weighted by atomic mass is 32.2. The molecule has 0 unspecified atom stereocenters. The largest absolute Gasteiger partial charge is 0.456 e. The molecule has 1 N–H and O–H groups in total. The highest BCUT2D eigenvalue weighted by molar-refractivity contribution is 7.93. The minimum Gasteiger partial charge on any atom is -0.456 e. The third-order valence-corrected chi connectivity index (χ3v) is 7.66. The molecule has 5 rings (SSSR count). The Hall–Kier alpha value is -3.68. The molecule has 2 heterocycles. The number of benzene rings is 2. The SMILES string of the molecule is CCn1nc(C2CC2)cc1-c1ccc(Oc2ccc(S(=O)(=O)Nc3nccs3)cc2C#N)cc1. The molecule has 1 aliphatic carbocycles. The lowest BCUT2D eigenvalue weighted by atomic mass is 10.1. The number of aryl methyl sites for hydroxylation is 1. The Morgan fingerprint density at radius 2 is 2.00 bits per heavy atom. The molecule has 4 aromatic rings. The second-order valence-corrected chi connectivity index (χ2v) is 10.5. The van der Waals surface area contributed by atoms with Gasteiger partial charge in [-0.05, 0) is 68.3 Å². The van der Waals surface area contributed by atoms with Crippen molar-refractivity contribution < 1.29 is 13.2 Å². The molecule has 1 saturated carbocycles. The first kappa shape index (κ1) is 22.1. The van der Waals surface area contributed by atoms with Crippen LogP contribution < -0.4 is 9.46 Å². The molecule has 10 heteroatoms. The molecule has 0 spiro atoms. The van der Waals surface area contributed by atoms with Gasteiger partial charge in [0, 0.05) is 29.6 Å². The van der Waals surface area contributed by atoms with Gasteiger partial charge in [-0.3, -0.25) is 9.40 Å². The Morgan fingerprint density at radius 3 is 2.65 bits per heavy atom. The van der Waals surface area contributed by atoms with Crippen molar-refractivity contribution in [3.8, 4) is 28.8 Å². The molecule has 1 aliphatic rings. The fourth-order valence-electron chi connectivity index (χ4n) is 3.61. The molecule has 8 nitrogen and oxygen atoms in total. The third kappa shape index (κ3) is 4.53. The van der Waals surface area contributed by atoms with E-state index in [1.54, 1.807) is 5.38 Å². The van der Waals surface area contributed by atoms with E-state index in [1.807, 2.05) is 35.0 Å². The van der Waals surface area contributed by atoms with Crippen LogP contribution in [0.15, 0.2) is 65.0 Å². The predicted molar refractivity (Wildman–Crippen MR) is 129 cm³/mol. The minimum absolute atomic E-state index is 0.0405. The van der Waals surface area contributed by atoms with Crippen LogP contribution in [0, 0.1) is 11.3 Å². The molecule has 2 aromatic heterocycles. The van der Waals surface area contributed by atoms with Crippen molar-refractivity contribution in [2.45, 2.75) is 37.1 Å². The van der Waals surface area contributed by atoms with Crippen molar-refractivity contribution in [3.05, 3.63) is 71.4 Å². The first-order valence-electron chi connectivity index (χ1n) is 10.8. The number of nitrogens with one attached hydrogen (secondary N) is 1. The van der Waals surface area contributed by atoms with Crippen molar-refractivity contribution in [2.24, 2.45) is 0 Å². The number of ether oxygens (including phenoxy) is 1. The molecule has 172 valence electrons. The van der Waals surface area contributed by atoms with Crippen molar-refractivity contribution in [1.29, 1.82) is 5.26 Å². The fraction of sp³-hybridized carbons (Fsp3) is 0.208. The van der Waals surface area contributed by atoms with E-state index >= 15 is 0 Å². The number of thiazole rings is 1. The molecule has 1 fully saturated rings. The molecule has 0 radical (unpaired) electrons. The number of nitrogens with zero attached hydrogens (tertiary/aromatic N) is 4. The molecule has 0 aliphatic heterocycles. The zero-order valence-corrected chi connectivity index (χ0v) is 19.9. The van der Waals surface area contributed by atoms with Gasteiger partial charge in [0.15, 0.2) is 5.13 Å². The van der Waals surface area contributed by atoms with Gasteiger partial charge in [-0.2, -0.15) is 10.4 Å². The summed E-state index contributed by atoms with van der Waals surface area (Å²) in [7, 11) is -3.87. The number of sulfonamides is 1. The number of rotatable bonds is 8. The standard InChI is InChI=1S/C24H21N5O3S2/c1-2-29-22(14-21(27-29)16-3-4-16)17-5-7-19(8-6-17)32-23-10-9-20(13-18(23)15-25)34(30,31)28-24-26-11-12-33-24/h5-14,16H,2-4H2,1H3,(H,26,28). The van der Waals surface area contributed by atoms with Crippen LogP contribution in [0.5, 0.6) is 11.5 Å². The second-order valence-electron chi connectivity index (χ2n) is 7.88. The van der Waals surface area contributed by atoms with Crippen LogP contribution >= 0.6 is 11.3 Å². The summed E-state index contributed by atoms with van der Waals surface area (Å²) in [5.41, 5.74) is 3.36. The summed E-state index contributed by atoms with van der Waals surface area (Å²) in [5, 5.41) is 16.2. The summed E-state index contributed by atoms with van der Waals surface area (Å²) in [4.78, 5) is 3.89. The summed E-state index contributed by atoms with van der Waals surface area (Å²) in [5.74, 6) is 1.40. The van der Waals surface area contributed by atoms with Crippen LogP contribution in [-0.4, -0.2) is 23.2 Å². The first-order chi connectivity index (χ1) is 16.5. The molecule has 0 bridgehead atoms. The summed E-state index contributed by atoms with van der Waals surface area (Å²) in [6, 6.07) is 15.9. The van der Waals surface area contributed by atoms with E-state index in [2.05, 4.69) is 22.7 Å². The molecular weight excluding hydrogens is 470 g/mol. The number of hydrogen-bond acceptors (Lipinski definition) is 7. The van der Waals surface area contributed by atoms with E-state index in [0.29, 0.717) is 11.7 Å². The molecule has 2 aromatic carbocycles. The number of aromatic nitrogens is 3. The van der Waals surface area contributed by atoms with E-state index in [9.17, 15) is 13.7 Å². The van der Waals surface area contributed by atoms with E-state index in [4.69, 9.17) is 9.84 Å². The van der Waals surface area contributed by atoms with Gasteiger partial charge in [-0.25, -0.2) is 13.4 Å². The maximum absolute atomic E-state index is 12.6. The predicted octanol–water partition coefficient (Wildman–Crippen LogP) is 5.37. The van der Waals surface area contributed by atoms with Crippen LogP contribution in [-0.2, 0) is 16.6 Å². The smallest absolute Gasteiger partial charge is 0.263 e. The van der Waals surface area contributed by atoms with Crippen molar-refractivity contribution in [2.75, 3.05) is 4.72 Å². The number of hydrogen-bond donors (Lipinski definition) is 1. The van der Waals surface area contributed by atoms with Crippen LogP contribution in [0.3, 0.4) is 0 Å².